The molecular formula is C16H27N3. The van der Waals surface area contributed by atoms with E-state index in [2.05, 4.69) is 42.7 Å². The summed E-state index contributed by atoms with van der Waals surface area (Å²) in [6.07, 6.45) is 1.11. The molecule has 1 fully saturated rings. The molecule has 0 unspecified atom stereocenters. The van der Waals surface area contributed by atoms with Crippen molar-refractivity contribution in [3.63, 3.8) is 0 Å². The summed E-state index contributed by atoms with van der Waals surface area (Å²) in [6.45, 7) is 13.2. The van der Waals surface area contributed by atoms with Crippen molar-refractivity contribution < 1.29 is 0 Å². The Morgan fingerprint density at radius 3 is 2.37 bits per heavy atom. The lowest BCUT2D eigenvalue weighted by molar-refractivity contribution is 0.256. The van der Waals surface area contributed by atoms with Gasteiger partial charge in [0.15, 0.2) is 0 Å². The first-order valence-corrected chi connectivity index (χ1v) is 7.37. The van der Waals surface area contributed by atoms with Crippen molar-refractivity contribution in [2.75, 3.05) is 44.2 Å². The summed E-state index contributed by atoms with van der Waals surface area (Å²) in [5.74, 6) is 0. The number of nitrogens with zero attached hydrogens (tertiary/aromatic N) is 2. The van der Waals surface area contributed by atoms with Gasteiger partial charge in [-0.15, -0.1) is 0 Å². The van der Waals surface area contributed by atoms with E-state index in [0.29, 0.717) is 0 Å². The Labute approximate surface area is 117 Å². The van der Waals surface area contributed by atoms with E-state index in [-0.39, 0.29) is 0 Å². The van der Waals surface area contributed by atoms with Crippen LogP contribution in [0, 0.1) is 20.8 Å². The van der Waals surface area contributed by atoms with E-state index in [1.165, 1.54) is 22.4 Å². The van der Waals surface area contributed by atoms with E-state index in [9.17, 15) is 0 Å². The fourth-order valence-corrected chi connectivity index (χ4v) is 2.87. The highest BCUT2D eigenvalue weighted by Gasteiger charge is 2.18. The van der Waals surface area contributed by atoms with Gasteiger partial charge in [-0.05, 0) is 63.0 Å². The molecule has 1 aliphatic heterocycles. The molecule has 1 heterocycles. The lowest BCUT2D eigenvalue weighted by Crippen LogP contribution is -2.47. The van der Waals surface area contributed by atoms with Gasteiger partial charge in [-0.1, -0.05) is 6.07 Å². The van der Waals surface area contributed by atoms with Gasteiger partial charge in [0.2, 0.25) is 0 Å². The van der Waals surface area contributed by atoms with Crippen LogP contribution in [0.3, 0.4) is 0 Å². The van der Waals surface area contributed by atoms with E-state index in [4.69, 9.17) is 5.73 Å². The number of hydrogen-bond acceptors (Lipinski definition) is 3. The normalized spacial score (nSPS) is 16.9. The highest BCUT2D eigenvalue weighted by Crippen LogP contribution is 2.25. The maximum atomic E-state index is 5.58. The molecule has 19 heavy (non-hydrogen) atoms. The van der Waals surface area contributed by atoms with Gasteiger partial charge in [0.1, 0.15) is 0 Å². The SMILES string of the molecule is Cc1cc(C)c(C)c(N2CCN(CCCN)CC2)c1. The van der Waals surface area contributed by atoms with Crippen LogP contribution in [0.2, 0.25) is 0 Å². The van der Waals surface area contributed by atoms with Gasteiger partial charge in [0, 0.05) is 31.9 Å². The Hall–Kier alpha value is -1.06. The molecule has 1 aromatic carbocycles. The summed E-state index contributed by atoms with van der Waals surface area (Å²) in [7, 11) is 0. The predicted molar refractivity (Wildman–Crippen MR) is 83.0 cm³/mol. The fraction of sp³-hybridized carbons (Fsp3) is 0.625. The summed E-state index contributed by atoms with van der Waals surface area (Å²) >= 11 is 0. The summed E-state index contributed by atoms with van der Waals surface area (Å²) in [5.41, 5.74) is 11.2. The van der Waals surface area contributed by atoms with Crippen LogP contribution in [0.1, 0.15) is 23.1 Å². The van der Waals surface area contributed by atoms with Crippen LogP contribution in [0.15, 0.2) is 12.1 Å². The molecule has 1 aliphatic rings. The first-order valence-electron chi connectivity index (χ1n) is 7.37. The number of nitrogens with two attached hydrogens (primary N) is 1. The quantitative estimate of drug-likeness (QED) is 0.901. The minimum Gasteiger partial charge on any atom is -0.369 e. The van der Waals surface area contributed by atoms with Gasteiger partial charge < -0.3 is 10.6 Å². The van der Waals surface area contributed by atoms with Crippen LogP contribution in [0.4, 0.5) is 5.69 Å². The zero-order chi connectivity index (χ0) is 13.8. The second-order valence-electron chi connectivity index (χ2n) is 5.70. The summed E-state index contributed by atoms with van der Waals surface area (Å²) in [6, 6.07) is 4.61. The maximum Gasteiger partial charge on any atom is 0.0402 e. The molecule has 0 spiro atoms. The van der Waals surface area contributed by atoms with Crippen molar-refractivity contribution in [3.05, 3.63) is 28.8 Å². The van der Waals surface area contributed by atoms with Gasteiger partial charge in [-0.3, -0.25) is 4.90 Å². The molecule has 0 radical (unpaired) electrons. The van der Waals surface area contributed by atoms with Crippen molar-refractivity contribution in [2.24, 2.45) is 5.73 Å². The van der Waals surface area contributed by atoms with E-state index >= 15 is 0 Å². The molecule has 106 valence electrons. The molecular weight excluding hydrogens is 234 g/mol. The van der Waals surface area contributed by atoms with Gasteiger partial charge in [-0.25, -0.2) is 0 Å². The third-order valence-electron chi connectivity index (χ3n) is 4.18. The number of aryl methyl sites for hydroxylation is 2. The van der Waals surface area contributed by atoms with Crippen LogP contribution >= 0.6 is 0 Å². The van der Waals surface area contributed by atoms with Crippen LogP contribution in [-0.4, -0.2) is 44.2 Å². The van der Waals surface area contributed by atoms with Crippen molar-refractivity contribution >= 4 is 5.69 Å². The van der Waals surface area contributed by atoms with Gasteiger partial charge >= 0.3 is 0 Å². The summed E-state index contributed by atoms with van der Waals surface area (Å²) < 4.78 is 0. The molecule has 3 heteroatoms. The Balaban J connectivity index is 2.01. The van der Waals surface area contributed by atoms with Crippen molar-refractivity contribution in [2.45, 2.75) is 27.2 Å². The third-order valence-corrected chi connectivity index (χ3v) is 4.18. The molecule has 0 saturated carbocycles. The zero-order valence-corrected chi connectivity index (χ0v) is 12.6. The minimum absolute atomic E-state index is 0.802. The summed E-state index contributed by atoms with van der Waals surface area (Å²) in [5, 5.41) is 0. The van der Waals surface area contributed by atoms with Crippen LogP contribution in [0.5, 0.6) is 0 Å². The molecule has 2 N–H and O–H groups in total. The van der Waals surface area contributed by atoms with E-state index in [1.807, 2.05) is 0 Å². The molecule has 1 saturated heterocycles. The number of anilines is 1. The molecule has 1 aromatic rings. The monoisotopic (exact) mass is 261 g/mol. The summed E-state index contributed by atoms with van der Waals surface area (Å²) in [4.78, 5) is 5.07. The standard InChI is InChI=1S/C16H27N3/c1-13-11-14(2)15(3)16(12-13)19-9-7-18(8-10-19)6-4-5-17/h11-12H,4-10,17H2,1-3H3. The van der Waals surface area contributed by atoms with E-state index < -0.39 is 0 Å². The highest BCUT2D eigenvalue weighted by atomic mass is 15.3. The molecule has 0 atom stereocenters. The average Bonchev–Trinajstić information content (AvgIpc) is 2.41. The Morgan fingerprint density at radius 1 is 1.05 bits per heavy atom. The molecule has 0 bridgehead atoms. The lowest BCUT2D eigenvalue weighted by atomic mass is 10.0. The molecule has 3 nitrogen and oxygen atoms in total. The number of rotatable bonds is 4. The molecule has 0 amide bonds. The third kappa shape index (κ3) is 3.48. The van der Waals surface area contributed by atoms with Crippen molar-refractivity contribution in [3.8, 4) is 0 Å². The second-order valence-corrected chi connectivity index (χ2v) is 5.70. The predicted octanol–water partition coefficient (Wildman–Crippen LogP) is 2.08. The first-order chi connectivity index (χ1) is 9.11. The van der Waals surface area contributed by atoms with E-state index in [1.54, 1.807) is 0 Å². The zero-order valence-electron chi connectivity index (χ0n) is 12.6. The highest BCUT2D eigenvalue weighted by molar-refractivity contribution is 5.58. The Morgan fingerprint density at radius 2 is 1.74 bits per heavy atom. The smallest absolute Gasteiger partial charge is 0.0402 e. The Kier molecular flexibility index (Phi) is 4.83. The minimum atomic E-state index is 0.802. The van der Waals surface area contributed by atoms with Crippen molar-refractivity contribution in [1.29, 1.82) is 0 Å². The molecule has 0 aliphatic carbocycles. The van der Waals surface area contributed by atoms with Crippen LogP contribution in [0.25, 0.3) is 0 Å². The second kappa shape index (κ2) is 6.40. The van der Waals surface area contributed by atoms with Crippen molar-refractivity contribution in [1.82, 2.24) is 4.90 Å². The van der Waals surface area contributed by atoms with Gasteiger partial charge in [0.05, 0.1) is 0 Å². The maximum absolute atomic E-state index is 5.58. The Bertz CT molecular complexity index is 420. The van der Waals surface area contributed by atoms with Crippen LogP contribution in [-0.2, 0) is 0 Å². The average molecular weight is 261 g/mol. The number of hydrogen-bond donors (Lipinski definition) is 1. The fourth-order valence-electron chi connectivity index (χ4n) is 2.87. The largest absolute Gasteiger partial charge is 0.369 e. The van der Waals surface area contributed by atoms with E-state index in [0.717, 1.165) is 45.7 Å². The number of piperazine rings is 1. The molecule has 0 aromatic heterocycles. The molecule has 2 rings (SSSR count). The van der Waals surface area contributed by atoms with Gasteiger partial charge in [-0.2, -0.15) is 0 Å². The van der Waals surface area contributed by atoms with Crippen LogP contribution < -0.4 is 10.6 Å². The number of benzene rings is 1. The lowest BCUT2D eigenvalue weighted by Gasteiger charge is -2.37. The topological polar surface area (TPSA) is 32.5 Å². The first kappa shape index (κ1) is 14.4. The van der Waals surface area contributed by atoms with Gasteiger partial charge in [0.25, 0.3) is 0 Å².